The highest BCUT2D eigenvalue weighted by atomic mass is 19.1. The van der Waals surface area contributed by atoms with Crippen LogP contribution in [-0.4, -0.2) is 32.1 Å². The molecule has 1 aromatic carbocycles. The zero-order valence-electron chi connectivity index (χ0n) is 12.6. The summed E-state index contributed by atoms with van der Waals surface area (Å²) < 4.78 is 38.6. The lowest BCUT2D eigenvalue weighted by atomic mass is 9.85. The highest BCUT2D eigenvalue weighted by Gasteiger charge is 2.35. The van der Waals surface area contributed by atoms with Crippen LogP contribution in [0.15, 0.2) is 12.1 Å². The Balaban J connectivity index is 1.45. The maximum absolute atomic E-state index is 13.9. The second-order valence-corrected chi connectivity index (χ2v) is 6.51. The molecule has 2 aliphatic heterocycles. The molecule has 22 heavy (non-hydrogen) atoms. The highest BCUT2D eigenvalue weighted by molar-refractivity contribution is 5.59. The van der Waals surface area contributed by atoms with Crippen molar-refractivity contribution in [3.8, 4) is 0 Å². The molecule has 0 amide bonds. The Morgan fingerprint density at radius 2 is 1.73 bits per heavy atom. The topological polar surface area (TPSA) is 21.7 Å². The molecule has 0 aromatic heterocycles. The second-order valence-electron chi connectivity index (χ2n) is 6.51. The van der Waals surface area contributed by atoms with Crippen molar-refractivity contribution in [2.45, 2.75) is 44.4 Å². The fourth-order valence-electron chi connectivity index (χ4n) is 4.16. The molecule has 0 N–H and O–H groups in total. The van der Waals surface area contributed by atoms with Gasteiger partial charge in [-0.15, -0.1) is 0 Å². The molecule has 3 nitrogen and oxygen atoms in total. The highest BCUT2D eigenvalue weighted by Crippen LogP contribution is 2.38. The van der Waals surface area contributed by atoms with Crippen LogP contribution < -0.4 is 4.90 Å². The molecule has 1 saturated heterocycles. The lowest BCUT2D eigenvalue weighted by Gasteiger charge is -2.37. The molecule has 0 atom stereocenters. The standard InChI is InChI=1S/C17H21F2NO2/c18-12-9-15(19)14-5-6-20(16(14)10-12)13-3-1-11(2-4-13)17-21-7-8-22-17/h9-11,13,17H,1-8H2. The van der Waals surface area contributed by atoms with Gasteiger partial charge < -0.3 is 14.4 Å². The van der Waals surface area contributed by atoms with E-state index in [1.807, 2.05) is 0 Å². The van der Waals surface area contributed by atoms with Gasteiger partial charge in [0.2, 0.25) is 0 Å². The summed E-state index contributed by atoms with van der Waals surface area (Å²) in [4.78, 5) is 2.20. The summed E-state index contributed by atoms with van der Waals surface area (Å²) in [5.41, 5.74) is 1.43. The van der Waals surface area contributed by atoms with Gasteiger partial charge >= 0.3 is 0 Å². The van der Waals surface area contributed by atoms with Gasteiger partial charge in [0.25, 0.3) is 0 Å². The molecule has 1 aromatic rings. The van der Waals surface area contributed by atoms with E-state index in [0.717, 1.165) is 44.0 Å². The molecule has 1 aliphatic carbocycles. The fraction of sp³-hybridized carbons (Fsp3) is 0.647. The first-order valence-electron chi connectivity index (χ1n) is 8.20. The Bertz CT molecular complexity index is 552. The van der Waals surface area contributed by atoms with Crippen LogP contribution >= 0.6 is 0 Å². The summed E-state index contributed by atoms with van der Waals surface area (Å²) in [6, 6.07) is 2.86. The zero-order valence-corrected chi connectivity index (χ0v) is 12.6. The molecule has 4 rings (SSSR count). The van der Waals surface area contributed by atoms with Gasteiger partial charge in [0, 0.05) is 35.8 Å². The molecule has 2 fully saturated rings. The zero-order chi connectivity index (χ0) is 15.1. The minimum absolute atomic E-state index is 0.0401. The van der Waals surface area contributed by atoms with Gasteiger partial charge in [0.05, 0.1) is 13.2 Å². The number of fused-ring (bicyclic) bond motifs is 1. The Morgan fingerprint density at radius 1 is 1.00 bits per heavy atom. The van der Waals surface area contributed by atoms with Gasteiger partial charge in [-0.05, 0) is 38.2 Å². The van der Waals surface area contributed by atoms with Crippen LogP contribution in [0.3, 0.4) is 0 Å². The SMILES string of the molecule is Fc1cc(F)c2c(c1)N(C1CCC(C3OCCO3)CC1)CC2. The number of nitrogens with zero attached hydrogens (tertiary/aromatic N) is 1. The van der Waals surface area contributed by atoms with Crippen molar-refractivity contribution in [3.05, 3.63) is 29.3 Å². The fourth-order valence-corrected chi connectivity index (χ4v) is 4.16. The van der Waals surface area contributed by atoms with E-state index in [-0.39, 0.29) is 6.29 Å². The van der Waals surface area contributed by atoms with Gasteiger partial charge in [-0.25, -0.2) is 8.78 Å². The molecule has 0 bridgehead atoms. The average Bonchev–Trinajstić information content (AvgIpc) is 3.16. The lowest BCUT2D eigenvalue weighted by Crippen LogP contribution is -2.39. The minimum atomic E-state index is -0.482. The van der Waals surface area contributed by atoms with Crippen LogP contribution in [0.4, 0.5) is 14.5 Å². The first kappa shape index (κ1) is 14.4. The Labute approximate surface area is 129 Å². The molecule has 1 saturated carbocycles. The van der Waals surface area contributed by atoms with Crippen molar-refractivity contribution in [1.82, 2.24) is 0 Å². The Kier molecular flexibility index (Phi) is 3.78. The molecule has 0 unspecified atom stereocenters. The van der Waals surface area contributed by atoms with E-state index in [1.54, 1.807) is 0 Å². The molecule has 3 aliphatic rings. The second kappa shape index (κ2) is 5.78. The first-order valence-corrected chi connectivity index (χ1v) is 8.20. The molecule has 0 spiro atoms. The van der Waals surface area contributed by atoms with Gasteiger partial charge in [-0.3, -0.25) is 0 Å². The van der Waals surface area contributed by atoms with Crippen LogP contribution in [0.1, 0.15) is 31.2 Å². The lowest BCUT2D eigenvalue weighted by molar-refractivity contribution is -0.0930. The molecule has 5 heteroatoms. The predicted octanol–water partition coefficient (Wildman–Crippen LogP) is 3.26. The van der Waals surface area contributed by atoms with Gasteiger partial charge in [-0.1, -0.05) is 0 Å². The summed E-state index contributed by atoms with van der Waals surface area (Å²) >= 11 is 0. The molecule has 120 valence electrons. The van der Waals surface area contributed by atoms with Crippen LogP contribution in [-0.2, 0) is 15.9 Å². The molecular weight excluding hydrogens is 288 g/mol. The summed E-state index contributed by atoms with van der Waals surface area (Å²) in [5, 5.41) is 0. The summed E-state index contributed by atoms with van der Waals surface area (Å²) in [7, 11) is 0. The average molecular weight is 309 g/mol. The van der Waals surface area contributed by atoms with Crippen molar-refractivity contribution in [1.29, 1.82) is 0 Å². The van der Waals surface area contributed by atoms with Crippen LogP contribution in [0.2, 0.25) is 0 Å². The number of benzene rings is 1. The first-order chi connectivity index (χ1) is 10.7. The van der Waals surface area contributed by atoms with E-state index in [0.29, 0.717) is 37.2 Å². The number of halogens is 2. The maximum atomic E-state index is 13.9. The number of anilines is 1. The molecular formula is C17H21F2NO2. The van der Waals surface area contributed by atoms with Crippen LogP contribution in [0.25, 0.3) is 0 Å². The maximum Gasteiger partial charge on any atom is 0.160 e. The number of ether oxygens (including phenoxy) is 2. The smallest absolute Gasteiger partial charge is 0.160 e. The van der Waals surface area contributed by atoms with Crippen molar-refractivity contribution in [2.75, 3.05) is 24.7 Å². The van der Waals surface area contributed by atoms with Gasteiger partial charge in [0.15, 0.2) is 6.29 Å². The number of rotatable bonds is 2. The van der Waals surface area contributed by atoms with Crippen molar-refractivity contribution >= 4 is 5.69 Å². The third kappa shape index (κ3) is 2.50. The Hall–Kier alpha value is -1.20. The largest absolute Gasteiger partial charge is 0.368 e. The van der Waals surface area contributed by atoms with E-state index in [1.165, 1.54) is 6.07 Å². The predicted molar refractivity (Wildman–Crippen MR) is 78.8 cm³/mol. The normalized spacial score (nSPS) is 29.1. The minimum Gasteiger partial charge on any atom is -0.368 e. The van der Waals surface area contributed by atoms with Gasteiger partial charge in [-0.2, -0.15) is 0 Å². The number of hydrogen-bond donors (Lipinski definition) is 0. The van der Waals surface area contributed by atoms with Crippen LogP contribution in [0.5, 0.6) is 0 Å². The van der Waals surface area contributed by atoms with E-state index in [4.69, 9.17) is 9.47 Å². The van der Waals surface area contributed by atoms with E-state index in [9.17, 15) is 8.78 Å². The summed E-state index contributed by atoms with van der Waals surface area (Å²) in [6.45, 7) is 2.19. The van der Waals surface area contributed by atoms with Crippen molar-refractivity contribution in [3.63, 3.8) is 0 Å². The monoisotopic (exact) mass is 309 g/mol. The number of hydrogen-bond acceptors (Lipinski definition) is 3. The van der Waals surface area contributed by atoms with E-state index in [2.05, 4.69) is 4.90 Å². The van der Waals surface area contributed by atoms with Crippen molar-refractivity contribution < 1.29 is 18.3 Å². The van der Waals surface area contributed by atoms with E-state index >= 15 is 0 Å². The summed E-state index contributed by atoms with van der Waals surface area (Å²) in [5.74, 6) is -0.423. The Morgan fingerprint density at radius 3 is 2.45 bits per heavy atom. The molecule has 0 radical (unpaired) electrons. The third-order valence-electron chi connectivity index (χ3n) is 5.26. The van der Waals surface area contributed by atoms with Crippen LogP contribution in [0, 0.1) is 17.6 Å². The third-order valence-corrected chi connectivity index (χ3v) is 5.26. The summed E-state index contributed by atoms with van der Waals surface area (Å²) in [6.07, 6.45) is 4.81. The quantitative estimate of drug-likeness (QED) is 0.837. The molecule has 2 heterocycles. The van der Waals surface area contributed by atoms with Crippen molar-refractivity contribution in [2.24, 2.45) is 5.92 Å². The van der Waals surface area contributed by atoms with E-state index < -0.39 is 11.6 Å². The van der Waals surface area contributed by atoms with Gasteiger partial charge in [0.1, 0.15) is 11.6 Å².